The highest BCUT2D eigenvalue weighted by molar-refractivity contribution is 6.26. The Morgan fingerprint density at radius 2 is 1.62 bits per heavy atom. The maximum absolute atomic E-state index is 12.7. The molecule has 1 heterocycles. The van der Waals surface area contributed by atoms with Gasteiger partial charge in [0.15, 0.2) is 0 Å². The van der Waals surface area contributed by atoms with E-state index in [9.17, 15) is 14.7 Å². The molecular weight excluding hydrogens is 266 g/mol. The zero-order chi connectivity index (χ0) is 14.6. The van der Waals surface area contributed by atoms with Crippen LogP contribution in [0.1, 0.15) is 46.4 Å². The number of carbonyl (C=O) groups is 2. The van der Waals surface area contributed by atoms with Crippen molar-refractivity contribution in [2.45, 2.75) is 31.7 Å². The molecule has 0 unspecified atom stereocenters. The summed E-state index contributed by atoms with van der Waals surface area (Å²) in [6, 6.07) is 8.40. The number of amides is 2. The van der Waals surface area contributed by atoms with Gasteiger partial charge in [0, 0.05) is 27.9 Å². The molecule has 21 heavy (non-hydrogen) atoms. The standard InChI is InChI=1S/C17H15NO3/c19-14-9-8-13-15-11(14)6-3-7-12(15)16(20)18(17(13)21)10-4-1-2-5-10/h3,6-10,19H,1-2,4-5H2. The van der Waals surface area contributed by atoms with Crippen LogP contribution in [0, 0.1) is 0 Å². The Balaban J connectivity index is 1.97. The van der Waals surface area contributed by atoms with E-state index in [1.54, 1.807) is 24.3 Å². The molecule has 0 aromatic heterocycles. The van der Waals surface area contributed by atoms with E-state index >= 15 is 0 Å². The van der Waals surface area contributed by atoms with E-state index in [0.717, 1.165) is 25.7 Å². The van der Waals surface area contributed by atoms with Crippen molar-refractivity contribution in [1.82, 2.24) is 4.90 Å². The molecular formula is C17H15NO3. The van der Waals surface area contributed by atoms with Crippen LogP contribution in [-0.4, -0.2) is 27.9 Å². The van der Waals surface area contributed by atoms with Crippen LogP contribution in [-0.2, 0) is 0 Å². The van der Waals surface area contributed by atoms with E-state index in [0.29, 0.717) is 21.9 Å². The number of nitrogens with zero attached hydrogens (tertiary/aromatic N) is 1. The number of imide groups is 1. The maximum atomic E-state index is 12.7. The fourth-order valence-electron chi connectivity index (χ4n) is 3.59. The minimum absolute atomic E-state index is 0.0159. The minimum atomic E-state index is -0.226. The quantitative estimate of drug-likeness (QED) is 0.817. The SMILES string of the molecule is O=C1c2cccc3c(O)ccc(c23)C(=O)N1C1CCCC1. The van der Waals surface area contributed by atoms with Gasteiger partial charge in [0.2, 0.25) is 0 Å². The summed E-state index contributed by atoms with van der Waals surface area (Å²) in [5.74, 6) is -0.350. The Hall–Kier alpha value is -2.36. The predicted octanol–water partition coefficient (Wildman–Crippen LogP) is 3.08. The average Bonchev–Trinajstić information content (AvgIpc) is 3.00. The third kappa shape index (κ3) is 1.62. The van der Waals surface area contributed by atoms with E-state index < -0.39 is 0 Å². The van der Waals surface area contributed by atoms with Crippen LogP contribution in [0.5, 0.6) is 5.75 Å². The second-order valence-corrected chi connectivity index (χ2v) is 5.78. The lowest BCUT2D eigenvalue weighted by atomic mass is 9.92. The lowest BCUT2D eigenvalue weighted by molar-refractivity contribution is 0.0542. The third-order valence-corrected chi connectivity index (χ3v) is 4.61. The van der Waals surface area contributed by atoms with Crippen molar-refractivity contribution in [2.24, 2.45) is 0 Å². The van der Waals surface area contributed by atoms with E-state index in [1.165, 1.54) is 11.0 Å². The first-order valence-electron chi connectivity index (χ1n) is 7.31. The van der Waals surface area contributed by atoms with E-state index in [-0.39, 0.29) is 23.6 Å². The van der Waals surface area contributed by atoms with Gasteiger partial charge < -0.3 is 5.11 Å². The largest absolute Gasteiger partial charge is 0.507 e. The van der Waals surface area contributed by atoms with E-state index in [4.69, 9.17) is 0 Å². The first-order chi connectivity index (χ1) is 10.2. The van der Waals surface area contributed by atoms with Gasteiger partial charge in [0.1, 0.15) is 5.75 Å². The first kappa shape index (κ1) is 12.4. The summed E-state index contributed by atoms with van der Waals surface area (Å²) in [5.41, 5.74) is 1.04. The Bertz CT molecular complexity index is 753. The van der Waals surface area contributed by atoms with Crippen LogP contribution in [0.25, 0.3) is 10.8 Å². The molecule has 1 saturated carbocycles. The highest BCUT2D eigenvalue weighted by Crippen LogP contribution is 2.37. The van der Waals surface area contributed by atoms with Gasteiger partial charge in [0.05, 0.1) is 0 Å². The van der Waals surface area contributed by atoms with Crippen molar-refractivity contribution >= 4 is 22.6 Å². The van der Waals surface area contributed by atoms with E-state index in [2.05, 4.69) is 0 Å². The molecule has 2 amide bonds. The molecule has 1 fully saturated rings. The summed E-state index contributed by atoms with van der Waals surface area (Å²) in [7, 11) is 0. The number of hydrogen-bond donors (Lipinski definition) is 1. The second kappa shape index (κ2) is 4.32. The number of aromatic hydroxyl groups is 1. The molecule has 4 heteroatoms. The van der Waals surface area contributed by atoms with Gasteiger partial charge in [-0.1, -0.05) is 25.0 Å². The molecule has 1 N–H and O–H groups in total. The van der Waals surface area contributed by atoms with Crippen molar-refractivity contribution in [2.75, 3.05) is 0 Å². The number of phenolic OH excluding ortho intramolecular Hbond substituents is 1. The summed E-state index contributed by atoms with van der Waals surface area (Å²) in [6.07, 6.45) is 3.91. The number of rotatable bonds is 1. The Kier molecular flexibility index (Phi) is 2.55. The molecule has 4 rings (SSSR count). The maximum Gasteiger partial charge on any atom is 0.261 e. The molecule has 1 aliphatic carbocycles. The van der Waals surface area contributed by atoms with Crippen molar-refractivity contribution < 1.29 is 14.7 Å². The van der Waals surface area contributed by atoms with Gasteiger partial charge in [0.25, 0.3) is 11.8 Å². The zero-order valence-electron chi connectivity index (χ0n) is 11.5. The third-order valence-electron chi connectivity index (χ3n) is 4.61. The van der Waals surface area contributed by atoms with Crippen molar-refractivity contribution in [1.29, 1.82) is 0 Å². The summed E-state index contributed by atoms with van der Waals surface area (Å²) in [6.45, 7) is 0. The molecule has 0 saturated heterocycles. The molecule has 1 aliphatic heterocycles. The fourth-order valence-corrected chi connectivity index (χ4v) is 3.59. The molecule has 0 atom stereocenters. The predicted molar refractivity (Wildman–Crippen MR) is 78.4 cm³/mol. The van der Waals surface area contributed by atoms with Gasteiger partial charge in [-0.2, -0.15) is 0 Å². The molecule has 2 aromatic rings. The minimum Gasteiger partial charge on any atom is -0.507 e. The molecule has 2 aliphatic rings. The van der Waals surface area contributed by atoms with Crippen LogP contribution in [0.4, 0.5) is 0 Å². The Labute approximate surface area is 122 Å². The van der Waals surface area contributed by atoms with Crippen molar-refractivity contribution in [3.05, 3.63) is 41.5 Å². The van der Waals surface area contributed by atoms with Gasteiger partial charge >= 0.3 is 0 Å². The van der Waals surface area contributed by atoms with Crippen LogP contribution in [0.2, 0.25) is 0 Å². The molecule has 106 valence electrons. The van der Waals surface area contributed by atoms with E-state index in [1.807, 2.05) is 0 Å². The molecule has 0 radical (unpaired) electrons. The Morgan fingerprint density at radius 3 is 2.33 bits per heavy atom. The molecule has 4 nitrogen and oxygen atoms in total. The number of hydrogen-bond acceptors (Lipinski definition) is 3. The summed E-state index contributed by atoms with van der Waals surface area (Å²) < 4.78 is 0. The highest BCUT2D eigenvalue weighted by Gasteiger charge is 2.38. The topological polar surface area (TPSA) is 57.6 Å². The van der Waals surface area contributed by atoms with Gasteiger partial charge in [-0.15, -0.1) is 0 Å². The van der Waals surface area contributed by atoms with Crippen molar-refractivity contribution in [3.8, 4) is 5.75 Å². The number of benzene rings is 2. The lowest BCUT2D eigenvalue weighted by Crippen LogP contribution is -2.45. The van der Waals surface area contributed by atoms with Crippen LogP contribution >= 0.6 is 0 Å². The van der Waals surface area contributed by atoms with Gasteiger partial charge in [-0.05, 0) is 31.0 Å². The second-order valence-electron chi connectivity index (χ2n) is 5.78. The summed E-state index contributed by atoms with van der Waals surface area (Å²) in [5, 5.41) is 11.1. The summed E-state index contributed by atoms with van der Waals surface area (Å²) >= 11 is 0. The van der Waals surface area contributed by atoms with Gasteiger partial charge in [-0.3, -0.25) is 14.5 Å². The number of carbonyl (C=O) groups excluding carboxylic acids is 2. The number of phenols is 1. The molecule has 0 spiro atoms. The summed E-state index contributed by atoms with van der Waals surface area (Å²) in [4.78, 5) is 26.9. The first-order valence-corrected chi connectivity index (χ1v) is 7.31. The normalized spacial score (nSPS) is 18.8. The highest BCUT2D eigenvalue weighted by atomic mass is 16.3. The lowest BCUT2D eigenvalue weighted by Gasteiger charge is -2.31. The Morgan fingerprint density at radius 1 is 0.952 bits per heavy atom. The average molecular weight is 281 g/mol. The van der Waals surface area contributed by atoms with Crippen molar-refractivity contribution in [3.63, 3.8) is 0 Å². The zero-order valence-corrected chi connectivity index (χ0v) is 11.5. The molecule has 2 aromatic carbocycles. The van der Waals surface area contributed by atoms with Crippen LogP contribution in [0.3, 0.4) is 0 Å². The fraction of sp³-hybridized carbons (Fsp3) is 0.294. The van der Waals surface area contributed by atoms with Crippen LogP contribution < -0.4 is 0 Å². The monoisotopic (exact) mass is 281 g/mol. The molecule has 0 bridgehead atoms. The van der Waals surface area contributed by atoms with Gasteiger partial charge in [-0.25, -0.2) is 0 Å². The van der Waals surface area contributed by atoms with Crippen LogP contribution in [0.15, 0.2) is 30.3 Å². The smallest absolute Gasteiger partial charge is 0.261 e.